The van der Waals surface area contributed by atoms with Crippen LogP contribution >= 0.6 is 0 Å². The summed E-state index contributed by atoms with van der Waals surface area (Å²) in [6.07, 6.45) is 2.01. The van der Waals surface area contributed by atoms with Crippen LogP contribution in [0.15, 0.2) is 59.1 Å². The van der Waals surface area contributed by atoms with Crippen LogP contribution in [-0.4, -0.2) is 4.68 Å². The molecule has 0 saturated carbocycles. The molecule has 0 aliphatic carbocycles. The maximum absolute atomic E-state index is 7.57. The van der Waals surface area contributed by atoms with Crippen LogP contribution in [0.25, 0.3) is 48.2 Å². The number of fused-ring (bicyclic) bond motifs is 8. The van der Waals surface area contributed by atoms with E-state index in [0.29, 0.717) is 11.4 Å². The van der Waals surface area contributed by atoms with E-state index < -0.39 is 0 Å². The summed E-state index contributed by atoms with van der Waals surface area (Å²) in [6, 6.07) is 15.8. The van der Waals surface area contributed by atoms with Gasteiger partial charge in [0.1, 0.15) is 22.4 Å². The minimum absolute atomic E-state index is 0.492. The first-order chi connectivity index (χ1) is 13.3. The lowest BCUT2D eigenvalue weighted by Gasteiger charge is -2.01. The second-order valence-electron chi connectivity index (χ2n) is 6.74. The first kappa shape index (κ1) is 14.1. The van der Waals surface area contributed by atoms with Crippen molar-refractivity contribution in [3.8, 4) is 5.69 Å². The molecule has 1 aliphatic rings. The predicted molar refractivity (Wildman–Crippen MR) is 102 cm³/mol. The monoisotopic (exact) mass is 347 g/mol. The van der Waals surface area contributed by atoms with E-state index in [2.05, 4.69) is 37.3 Å². The molecule has 5 nitrogen and oxygen atoms in total. The Morgan fingerprint density at radius 2 is 1.85 bits per heavy atom. The van der Waals surface area contributed by atoms with Crippen LogP contribution in [-0.2, 0) is 6.54 Å². The zero-order valence-electron chi connectivity index (χ0n) is 14.1. The van der Waals surface area contributed by atoms with E-state index in [1.54, 1.807) is 6.07 Å². The highest BCUT2D eigenvalue weighted by Crippen LogP contribution is 2.38. The van der Waals surface area contributed by atoms with Crippen molar-refractivity contribution in [2.45, 2.75) is 6.54 Å². The molecular formula is C22H11N4O+. The van der Waals surface area contributed by atoms with Crippen LogP contribution in [0, 0.1) is 13.1 Å². The van der Waals surface area contributed by atoms with Crippen LogP contribution in [0.5, 0.6) is 0 Å². The highest BCUT2D eigenvalue weighted by Gasteiger charge is 2.31. The Morgan fingerprint density at radius 1 is 0.963 bits per heavy atom. The van der Waals surface area contributed by atoms with E-state index in [-0.39, 0.29) is 0 Å². The molecule has 0 saturated heterocycles. The average Bonchev–Trinajstić information content (AvgIpc) is 3.33. The molecule has 27 heavy (non-hydrogen) atoms. The third kappa shape index (κ3) is 1.73. The fourth-order valence-corrected chi connectivity index (χ4v) is 4.13. The lowest BCUT2D eigenvalue weighted by Crippen LogP contribution is -2.36. The molecule has 0 spiro atoms. The lowest BCUT2D eigenvalue weighted by molar-refractivity contribution is -0.749. The van der Waals surface area contributed by atoms with Crippen molar-refractivity contribution in [1.29, 1.82) is 0 Å². The molecule has 0 radical (unpaired) electrons. The zero-order valence-corrected chi connectivity index (χ0v) is 14.1. The first-order valence-corrected chi connectivity index (χ1v) is 8.55. The van der Waals surface area contributed by atoms with Gasteiger partial charge >= 0.3 is 0 Å². The Kier molecular flexibility index (Phi) is 2.48. The van der Waals surface area contributed by atoms with Gasteiger partial charge in [0.2, 0.25) is 11.9 Å². The van der Waals surface area contributed by atoms with Crippen LogP contribution < -0.4 is 4.68 Å². The topological polar surface area (TPSA) is 30.7 Å². The number of nitrogens with zero attached hydrogens (tertiary/aromatic N) is 4. The van der Waals surface area contributed by atoms with Crippen molar-refractivity contribution in [3.63, 3.8) is 0 Å². The molecule has 0 amide bonds. The molecule has 3 aromatic carbocycles. The van der Waals surface area contributed by atoms with Gasteiger partial charge < -0.3 is 4.42 Å². The Morgan fingerprint density at radius 3 is 2.70 bits per heavy atom. The summed E-state index contributed by atoms with van der Waals surface area (Å²) in [5, 5.41) is 3.14. The van der Waals surface area contributed by atoms with Gasteiger partial charge in [-0.15, -0.1) is 9.36 Å². The van der Waals surface area contributed by atoms with Gasteiger partial charge in [0, 0.05) is 27.8 Å². The summed E-state index contributed by atoms with van der Waals surface area (Å²) in [5.41, 5.74) is 5.77. The van der Waals surface area contributed by atoms with Crippen molar-refractivity contribution >= 4 is 44.2 Å². The van der Waals surface area contributed by atoms with Crippen LogP contribution in [0.2, 0.25) is 0 Å². The van der Waals surface area contributed by atoms with Crippen molar-refractivity contribution in [2.24, 2.45) is 0 Å². The number of benzene rings is 3. The highest BCUT2D eigenvalue weighted by molar-refractivity contribution is 6.06. The van der Waals surface area contributed by atoms with Crippen LogP contribution in [0.3, 0.4) is 0 Å². The Balaban J connectivity index is 1.71. The number of hydrogen-bond acceptors (Lipinski definition) is 1. The minimum Gasteiger partial charge on any atom is -0.456 e. The predicted octanol–water partition coefficient (Wildman–Crippen LogP) is 5.28. The van der Waals surface area contributed by atoms with Crippen LogP contribution in [0.1, 0.15) is 5.56 Å². The zero-order chi connectivity index (χ0) is 18.1. The smallest absolute Gasteiger partial charge is 0.207 e. The molecule has 0 unspecified atom stereocenters. The summed E-state index contributed by atoms with van der Waals surface area (Å²) in [4.78, 5) is 7.17. The molecule has 2 aromatic heterocycles. The second kappa shape index (κ2) is 4.75. The summed E-state index contributed by atoms with van der Waals surface area (Å²) in [7, 11) is 0. The van der Waals surface area contributed by atoms with Gasteiger partial charge in [0.25, 0.3) is 0 Å². The van der Waals surface area contributed by atoms with Crippen LogP contribution in [0.4, 0.5) is 11.4 Å². The number of rotatable bonds is 0. The summed E-state index contributed by atoms with van der Waals surface area (Å²) in [5.74, 6) is 0. The van der Waals surface area contributed by atoms with Crippen molar-refractivity contribution in [2.75, 3.05) is 0 Å². The molecule has 124 valence electrons. The quantitative estimate of drug-likeness (QED) is 0.272. The lowest BCUT2D eigenvalue weighted by atomic mass is 10.1. The number of hydrogen-bond donors (Lipinski definition) is 0. The van der Waals surface area contributed by atoms with E-state index in [0.717, 1.165) is 45.1 Å². The third-order valence-corrected chi connectivity index (χ3v) is 5.25. The molecule has 5 heteroatoms. The van der Waals surface area contributed by atoms with E-state index in [1.165, 1.54) is 5.56 Å². The van der Waals surface area contributed by atoms with Gasteiger partial charge in [-0.1, -0.05) is 18.2 Å². The number of furan rings is 1. The van der Waals surface area contributed by atoms with Crippen molar-refractivity contribution in [1.82, 2.24) is 4.68 Å². The maximum Gasteiger partial charge on any atom is 0.207 e. The minimum atomic E-state index is 0.492. The molecule has 6 rings (SSSR count). The van der Waals surface area contributed by atoms with Gasteiger partial charge in [0.15, 0.2) is 12.2 Å². The molecule has 0 atom stereocenters. The fraction of sp³-hybridized carbons (Fsp3) is 0.0455. The summed E-state index contributed by atoms with van der Waals surface area (Å²) in [6.45, 7) is 15.6. The van der Waals surface area contributed by atoms with Crippen molar-refractivity contribution in [3.05, 3.63) is 83.1 Å². The van der Waals surface area contributed by atoms with Crippen molar-refractivity contribution < 1.29 is 9.10 Å². The molecular weight excluding hydrogens is 336 g/mol. The summed E-state index contributed by atoms with van der Waals surface area (Å²) < 4.78 is 10.2. The largest absolute Gasteiger partial charge is 0.456 e. The molecule has 1 aliphatic heterocycles. The standard InChI is InChI=1S/C22H11N4O/c1-23-15-7-14-12-25-11-13-8-17-16-5-3-4-6-20(16)27-21(17)10-19(13)26(25)22(14)18(9-15)24-2/h3-10,12H,11H2/q+1. The average molecular weight is 347 g/mol. The number of para-hydroxylation sites is 1. The van der Waals surface area contributed by atoms with E-state index in [9.17, 15) is 0 Å². The van der Waals surface area contributed by atoms with E-state index in [4.69, 9.17) is 17.6 Å². The molecule has 5 aromatic rings. The van der Waals surface area contributed by atoms with Gasteiger partial charge in [-0.25, -0.2) is 9.69 Å². The summed E-state index contributed by atoms with van der Waals surface area (Å²) >= 11 is 0. The fourth-order valence-electron chi connectivity index (χ4n) is 4.13. The second-order valence-corrected chi connectivity index (χ2v) is 6.74. The Bertz CT molecular complexity index is 1520. The van der Waals surface area contributed by atoms with Gasteiger partial charge in [-0.3, -0.25) is 0 Å². The normalized spacial score (nSPS) is 12.2. The molecule has 0 fully saturated rings. The van der Waals surface area contributed by atoms with Gasteiger partial charge in [-0.05, 0) is 24.3 Å². The Labute approximate surface area is 153 Å². The third-order valence-electron chi connectivity index (χ3n) is 5.25. The molecule has 0 bridgehead atoms. The first-order valence-electron chi connectivity index (χ1n) is 8.55. The molecule has 0 N–H and O–H groups in total. The van der Waals surface area contributed by atoms with E-state index >= 15 is 0 Å². The Hall–Kier alpha value is -4.09. The molecule has 3 heterocycles. The van der Waals surface area contributed by atoms with E-state index in [1.807, 2.05) is 30.5 Å². The van der Waals surface area contributed by atoms with Gasteiger partial charge in [-0.2, -0.15) is 0 Å². The highest BCUT2D eigenvalue weighted by atomic mass is 16.3. The van der Waals surface area contributed by atoms with Gasteiger partial charge in [0.05, 0.1) is 13.1 Å². The number of aromatic nitrogens is 2. The maximum atomic E-state index is 7.57. The SMILES string of the molecule is [C-]#[N+]c1cc([N+]#[C-])c2c(c1)c[n+]1n2-c2cc3oc4ccccc4c3cc2C1.